The minimum Gasteiger partial charge on any atom is -0.390 e. The zero-order chi connectivity index (χ0) is 12.2. The highest BCUT2D eigenvalue weighted by atomic mass is 16.3. The Hall–Kier alpha value is -0.120. The van der Waals surface area contributed by atoms with Crippen molar-refractivity contribution >= 4 is 0 Å². The first-order valence-corrected chi connectivity index (χ1v) is 6.55. The van der Waals surface area contributed by atoms with E-state index in [0.29, 0.717) is 6.04 Å². The maximum Gasteiger partial charge on any atom is 0.0603 e. The van der Waals surface area contributed by atoms with Crippen LogP contribution in [0.4, 0.5) is 0 Å². The minimum absolute atomic E-state index is 0.535. The zero-order valence-electron chi connectivity index (χ0n) is 11.3. The molecule has 16 heavy (non-hydrogen) atoms. The van der Waals surface area contributed by atoms with Crippen molar-refractivity contribution < 1.29 is 5.11 Å². The van der Waals surface area contributed by atoms with Crippen LogP contribution in [-0.2, 0) is 0 Å². The molecule has 3 nitrogen and oxygen atoms in total. The lowest BCUT2D eigenvalue weighted by molar-refractivity contribution is 0.0709. The van der Waals surface area contributed by atoms with Crippen molar-refractivity contribution in [3.05, 3.63) is 0 Å². The predicted octanol–water partition coefficient (Wildman–Crippen LogP) is 1.47. The van der Waals surface area contributed by atoms with Gasteiger partial charge in [-0.2, -0.15) is 0 Å². The SMILES string of the molecule is CC(C)N1CCC(CNCCC(C)(C)O)C1. The van der Waals surface area contributed by atoms with Gasteiger partial charge in [-0.1, -0.05) is 0 Å². The van der Waals surface area contributed by atoms with Crippen molar-refractivity contribution in [2.45, 2.75) is 52.2 Å². The molecule has 0 aromatic carbocycles. The second-order valence-electron chi connectivity index (χ2n) is 6.01. The highest BCUT2D eigenvalue weighted by molar-refractivity contribution is 4.79. The average molecular weight is 228 g/mol. The van der Waals surface area contributed by atoms with E-state index in [4.69, 9.17) is 0 Å². The highest BCUT2D eigenvalue weighted by Gasteiger charge is 2.23. The summed E-state index contributed by atoms with van der Waals surface area (Å²) in [7, 11) is 0. The van der Waals surface area contributed by atoms with Crippen LogP contribution in [0.25, 0.3) is 0 Å². The molecule has 1 fully saturated rings. The maximum atomic E-state index is 9.58. The zero-order valence-corrected chi connectivity index (χ0v) is 11.3. The van der Waals surface area contributed by atoms with E-state index in [1.54, 1.807) is 0 Å². The Morgan fingerprint density at radius 1 is 1.44 bits per heavy atom. The summed E-state index contributed by atoms with van der Waals surface area (Å²) >= 11 is 0. The lowest BCUT2D eigenvalue weighted by Gasteiger charge is -2.21. The van der Waals surface area contributed by atoms with Gasteiger partial charge >= 0.3 is 0 Å². The van der Waals surface area contributed by atoms with Crippen LogP contribution < -0.4 is 5.32 Å². The first-order valence-electron chi connectivity index (χ1n) is 6.55. The smallest absolute Gasteiger partial charge is 0.0603 e. The Balaban J connectivity index is 2.07. The molecule has 0 aromatic heterocycles. The molecule has 1 aliphatic heterocycles. The number of rotatable bonds is 6. The van der Waals surface area contributed by atoms with Gasteiger partial charge in [-0.25, -0.2) is 0 Å². The quantitative estimate of drug-likeness (QED) is 0.676. The van der Waals surface area contributed by atoms with Crippen LogP contribution in [-0.4, -0.2) is 47.8 Å². The van der Waals surface area contributed by atoms with Gasteiger partial charge in [0.25, 0.3) is 0 Å². The van der Waals surface area contributed by atoms with Crippen molar-refractivity contribution in [2.75, 3.05) is 26.2 Å². The van der Waals surface area contributed by atoms with E-state index >= 15 is 0 Å². The van der Waals surface area contributed by atoms with Crippen LogP contribution >= 0.6 is 0 Å². The van der Waals surface area contributed by atoms with Crippen molar-refractivity contribution in [3.63, 3.8) is 0 Å². The molecule has 0 aromatic rings. The van der Waals surface area contributed by atoms with E-state index in [2.05, 4.69) is 24.1 Å². The summed E-state index contributed by atoms with van der Waals surface area (Å²) in [4.78, 5) is 2.54. The van der Waals surface area contributed by atoms with Crippen LogP contribution in [0.5, 0.6) is 0 Å². The molecule has 96 valence electrons. The van der Waals surface area contributed by atoms with Gasteiger partial charge in [-0.15, -0.1) is 0 Å². The predicted molar refractivity (Wildman–Crippen MR) is 68.6 cm³/mol. The Bertz CT molecular complexity index is 199. The summed E-state index contributed by atoms with van der Waals surface area (Å²) < 4.78 is 0. The molecule has 0 saturated carbocycles. The normalized spacial score (nSPS) is 23.2. The Morgan fingerprint density at radius 2 is 2.12 bits per heavy atom. The molecule has 3 heteroatoms. The molecule has 1 saturated heterocycles. The molecule has 0 bridgehead atoms. The Labute approximate surface area is 100 Å². The van der Waals surface area contributed by atoms with Crippen molar-refractivity contribution in [1.82, 2.24) is 10.2 Å². The maximum absolute atomic E-state index is 9.58. The van der Waals surface area contributed by atoms with Crippen LogP contribution in [0.2, 0.25) is 0 Å². The van der Waals surface area contributed by atoms with Crippen molar-refractivity contribution in [2.24, 2.45) is 5.92 Å². The molecule has 2 N–H and O–H groups in total. The molecular formula is C13H28N2O. The fraction of sp³-hybridized carbons (Fsp3) is 1.00. The van der Waals surface area contributed by atoms with Gasteiger partial charge in [-0.05, 0) is 66.1 Å². The summed E-state index contributed by atoms with van der Waals surface area (Å²) in [6.07, 6.45) is 2.14. The molecule has 1 heterocycles. The molecular weight excluding hydrogens is 200 g/mol. The number of nitrogens with zero attached hydrogens (tertiary/aromatic N) is 1. The van der Waals surface area contributed by atoms with E-state index < -0.39 is 5.60 Å². The standard InChI is InChI=1S/C13H28N2O/c1-11(2)15-8-5-12(10-15)9-14-7-6-13(3,4)16/h11-12,14,16H,5-10H2,1-4H3. The van der Waals surface area contributed by atoms with E-state index in [1.807, 2.05) is 13.8 Å². The fourth-order valence-electron chi connectivity index (χ4n) is 2.20. The first kappa shape index (κ1) is 13.9. The summed E-state index contributed by atoms with van der Waals surface area (Å²) in [5.41, 5.74) is -0.535. The molecule has 1 aliphatic rings. The Kier molecular flexibility index (Phi) is 5.22. The number of nitrogens with one attached hydrogen (secondary N) is 1. The third-order valence-corrected chi connectivity index (χ3v) is 3.39. The monoisotopic (exact) mass is 228 g/mol. The molecule has 0 spiro atoms. The van der Waals surface area contributed by atoms with E-state index in [1.165, 1.54) is 19.5 Å². The minimum atomic E-state index is -0.535. The molecule has 0 radical (unpaired) electrons. The molecule has 0 aliphatic carbocycles. The van der Waals surface area contributed by atoms with Gasteiger partial charge in [0.15, 0.2) is 0 Å². The van der Waals surface area contributed by atoms with Gasteiger partial charge in [-0.3, -0.25) is 0 Å². The molecule has 1 atom stereocenters. The summed E-state index contributed by atoms with van der Waals surface area (Å²) in [6.45, 7) is 12.8. The second kappa shape index (κ2) is 5.99. The summed E-state index contributed by atoms with van der Waals surface area (Å²) in [5.74, 6) is 0.796. The fourth-order valence-corrected chi connectivity index (χ4v) is 2.20. The van der Waals surface area contributed by atoms with Crippen molar-refractivity contribution in [1.29, 1.82) is 0 Å². The topological polar surface area (TPSA) is 35.5 Å². The lowest BCUT2D eigenvalue weighted by Crippen LogP contribution is -2.32. The molecule has 0 amide bonds. The van der Waals surface area contributed by atoms with E-state index in [-0.39, 0.29) is 0 Å². The third-order valence-electron chi connectivity index (χ3n) is 3.39. The van der Waals surface area contributed by atoms with Gasteiger partial charge < -0.3 is 15.3 Å². The van der Waals surface area contributed by atoms with Gasteiger partial charge in [0, 0.05) is 12.6 Å². The first-order chi connectivity index (χ1) is 7.38. The second-order valence-corrected chi connectivity index (χ2v) is 6.01. The highest BCUT2D eigenvalue weighted by Crippen LogP contribution is 2.17. The number of hydrogen-bond donors (Lipinski definition) is 2. The average Bonchev–Trinajstić information content (AvgIpc) is 2.59. The summed E-state index contributed by atoms with van der Waals surface area (Å²) in [5, 5.41) is 13.0. The van der Waals surface area contributed by atoms with Gasteiger partial charge in [0.2, 0.25) is 0 Å². The largest absolute Gasteiger partial charge is 0.390 e. The summed E-state index contributed by atoms with van der Waals surface area (Å²) in [6, 6.07) is 0.682. The van der Waals surface area contributed by atoms with Crippen LogP contribution in [0.1, 0.15) is 40.5 Å². The van der Waals surface area contributed by atoms with Crippen molar-refractivity contribution in [3.8, 4) is 0 Å². The van der Waals surface area contributed by atoms with Crippen LogP contribution in [0, 0.1) is 5.92 Å². The van der Waals surface area contributed by atoms with E-state index in [9.17, 15) is 5.11 Å². The lowest BCUT2D eigenvalue weighted by atomic mass is 10.1. The van der Waals surface area contributed by atoms with Gasteiger partial charge in [0.05, 0.1) is 5.60 Å². The third kappa shape index (κ3) is 5.28. The number of aliphatic hydroxyl groups is 1. The molecule has 1 rings (SSSR count). The van der Waals surface area contributed by atoms with E-state index in [0.717, 1.165) is 25.4 Å². The Morgan fingerprint density at radius 3 is 2.62 bits per heavy atom. The van der Waals surface area contributed by atoms with Crippen LogP contribution in [0.15, 0.2) is 0 Å². The van der Waals surface area contributed by atoms with Crippen LogP contribution in [0.3, 0.4) is 0 Å². The molecule has 1 unspecified atom stereocenters. The number of likely N-dealkylation sites (tertiary alicyclic amines) is 1. The number of hydrogen-bond acceptors (Lipinski definition) is 3. The van der Waals surface area contributed by atoms with Gasteiger partial charge in [0.1, 0.15) is 0 Å².